The fraction of sp³-hybridized carbons (Fsp3) is 0.294. The van der Waals surface area contributed by atoms with Crippen molar-refractivity contribution in [3.05, 3.63) is 49.3 Å². The van der Waals surface area contributed by atoms with Crippen LogP contribution in [-0.2, 0) is 14.8 Å². The first-order valence-electron chi connectivity index (χ1n) is 7.71. The van der Waals surface area contributed by atoms with Crippen LogP contribution in [0, 0.1) is 0 Å². The maximum Gasteiger partial charge on any atom is 0.244 e. The normalized spacial score (nSPS) is 11.6. The molecule has 0 bridgehead atoms. The molecule has 1 N–H and O–H groups in total. The SMILES string of the molecule is C=CCNC(=O)CN(CCC)S(=O)(=O)c1cccc2cnccc12. The number of sulfonamides is 1. The zero-order valence-corrected chi connectivity index (χ0v) is 14.4. The predicted molar refractivity (Wildman–Crippen MR) is 94.0 cm³/mol. The van der Waals surface area contributed by atoms with Crippen molar-refractivity contribution in [1.29, 1.82) is 0 Å². The van der Waals surface area contributed by atoms with E-state index in [9.17, 15) is 13.2 Å². The van der Waals surface area contributed by atoms with E-state index in [1.165, 1.54) is 4.31 Å². The number of nitrogens with one attached hydrogen (secondary N) is 1. The first-order chi connectivity index (χ1) is 11.5. The van der Waals surface area contributed by atoms with Crippen LogP contribution in [0.15, 0.2) is 54.2 Å². The summed E-state index contributed by atoms with van der Waals surface area (Å²) in [5.41, 5.74) is 0. The number of nitrogens with zero attached hydrogens (tertiary/aromatic N) is 2. The third kappa shape index (κ3) is 3.98. The number of hydrogen-bond donors (Lipinski definition) is 1. The van der Waals surface area contributed by atoms with E-state index in [-0.39, 0.29) is 23.9 Å². The lowest BCUT2D eigenvalue weighted by Gasteiger charge is -2.22. The lowest BCUT2D eigenvalue weighted by Crippen LogP contribution is -2.41. The molecule has 24 heavy (non-hydrogen) atoms. The number of fused-ring (bicyclic) bond motifs is 1. The van der Waals surface area contributed by atoms with E-state index in [4.69, 9.17) is 0 Å². The average molecular weight is 347 g/mol. The minimum absolute atomic E-state index is 0.187. The van der Waals surface area contributed by atoms with Crippen molar-refractivity contribution in [3.63, 3.8) is 0 Å². The fourth-order valence-electron chi connectivity index (χ4n) is 2.39. The maximum atomic E-state index is 13.1. The average Bonchev–Trinajstić information content (AvgIpc) is 2.59. The van der Waals surface area contributed by atoms with Crippen LogP contribution < -0.4 is 5.32 Å². The molecular weight excluding hydrogens is 326 g/mol. The second kappa shape index (κ2) is 8.03. The van der Waals surface area contributed by atoms with Crippen molar-refractivity contribution in [2.24, 2.45) is 0 Å². The van der Waals surface area contributed by atoms with Crippen molar-refractivity contribution < 1.29 is 13.2 Å². The standard InChI is InChI=1S/C17H21N3O3S/c1-3-9-19-17(21)13-20(11-4-2)24(22,23)16-7-5-6-14-12-18-10-8-15(14)16/h3,5-8,10,12H,1,4,9,11,13H2,2H3,(H,19,21). The maximum absolute atomic E-state index is 13.1. The number of amides is 1. The highest BCUT2D eigenvalue weighted by atomic mass is 32.2. The zero-order chi connectivity index (χ0) is 17.6. The molecule has 2 rings (SSSR count). The van der Waals surface area contributed by atoms with Crippen LogP contribution in [0.1, 0.15) is 13.3 Å². The Kier molecular flexibility index (Phi) is 6.05. The Morgan fingerprint density at radius 3 is 2.88 bits per heavy atom. The minimum Gasteiger partial charge on any atom is -0.351 e. The fourth-order valence-corrected chi connectivity index (χ4v) is 4.10. The molecule has 0 aliphatic carbocycles. The van der Waals surface area contributed by atoms with Crippen molar-refractivity contribution in [1.82, 2.24) is 14.6 Å². The summed E-state index contributed by atoms with van der Waals surface area (Å²) in [4.78, 5) is 16.2. The molecule has 0 radical (unpaired) electrons. The summed E-state index contributed by atoms with van der Waals surface area (Å²) >= 11 is 0. The van der Waals surface area contributed by atoms with Crippen molar-refractivity contribution in [2.75, 3.05) is 19.6 Å². The summed E-state index contributed by atoms with van der Waals surface area (Å²) in [7, 11) is -3.79. The molecule has 0 aliphatic rings. The van der Waals surface area contributed by atoms with Gasteiger partial charge in [-0.15, -0.1) is 6.58 Å². The molecule has 128 valence electrons. The number of aromatic nitrogens is 1. The van der Waals surface area contributed by atoms with Gasteiger partial charge in [0.25, 0.3) is 0 Å². The van der Waals surface area contributed by atoms with Crippen LogP contribution in [0.2, 0.25) is 0 Å². The van der Waals surface area contributed by atoms with Crippen LogP contribution in [0.5, 0.6) is 0 Å². The monoisotopic (exact) mass is 347 g/mol. The largest absolute Gasteiger partial charge is 0.351 e. The van der Waals surface area contributed by atoms with E-state index in [0.717, 1.165) is 5.39 Å². The Morgan fingerprint density at radius 2 is 2.17 bits per heavy atom. The Bertz CT molecular complexity index is 829. The molecule has 0 atom stereocenters. The lowest BCUT2D eigenvalue weighted by atomic mass is 10.2. The van der Waals surface area contributed by atoms with E-state index in [1.807, 2.05) is 13.0 Å². The molecule has 0 spiro atoms. The molecule has 0 aliphatic heterocycles. The van der Waals surface area contributed by atoms with E-state index in [1.54, 1.807) is 36.7 Å². The van der Waals surface area contributed by atoms with Crippen LogP contribution >= 0.6 is 0 Å². The van der Waals surface area contributed by atoms with Crippen LogP contribution in [-0.4, -0.2) is 43.2 Å². The van der Waals surface area contributed by atoms with E-state index >= 15 is 0 Å². The highest BCUT2D eigenvalue weighted by molar-refractivity contribution is 7.89. The van der Waals surface area contributed by atoms with Crippen LogP contribution in [0.3, 0.4) is 0 Å². The lowest BCUT2D eigenvalue weighted by molar-refractivity contribution is -0.121. The van der Waals surface area contributed by atoms with Crippen molar-refractivity contribution in [3.8, 4) is 0 Å². The quantitative estimate of drug-likeness (QED) is 0.740. The highest BCUT2D eigenvalue weighted by Crippen LogP contribution is 2.25. The molecular formula is C17H21N3O3S. The van der Waals surface area contributed by atoms with Gasteiger partial charge in [-0.25, -0.2) is 8.42 Å². The Labute approximate surface area is 142 Å². The van der Waals surface area contributed by atoms with Gasteiger partial charge in [-0.3, -0.25) is 9.78 Å². The van der Waals surface area contributed by atoms with Crippen LogP contribution in [0.25, 0.3) is 10.8 Å². The van der Waals surface area contributed by atoms with Crippen LogP contribution in [0.4, 0.5) is 0 Å². The summed E-state index contributed by atoms with van der Waals surface area (Å²) in [5, 5.41) is 3.95. The molecule has 0 saturated heterocycles. The van der Waals surface area contributed by atoms with Gasteiger partial charge < -0.3 is 5.32 Å². The van der Waals surface area contributed by atoms with Gasteiger partial charge in [0.2, 0.25) is 15.9 Å². The third-order valence-corrected chi connectivity index (χ3v) is 5.40. The van der Waals surface area contributed by atoms with Gasteiger partial charge in [-0.2, -0.15) is 4.31 Å². The minimum atomic E-state index is -3.79. The molecule has 7 heteroatoms. The van der Waals surface area contributed by atoms with Gasteiger partial charge in [0, 0.05) is 36.3 Å². The van der Waals surface area contributed by atoms with E-state index in [0.29, 0.717) is 18.4 Å². The summed E-state index contributed by atoms with van der Waals surface area (Å²) in [6.07, 6.45) is 5.34. The van der Waals surface area contributed by atoms with Crippen molar-refractivity contribution >= 4 is 26.7 Å². The summed E-state index contributed by atoms with van der Waals surface area (Å²) in [5.74, 6) is -0.353. The third-order valence-electron chi connectivity index (χ3n) is 3.50. The number of benzene rings is 1. The van der Waals surface area contributed by atoms with Crippen molar-refractivity contribution in [2.45, 2.75) is 18.2 Å². The molecule has 0 saturated carbocycles. The molecule has 0 unspecified atom stereocenters. The number of carbonyl (C=O) groups is 1. The number of pyridine rings is 1. The smallest absolute Gasteiger partial charge is 0.244 e. The van der Waals surface area contributed by atoms with E-state index < -0.39 is 10.0 Å². The first kappa shape index (κ1) is 18.1. The molecule has 1 aromatic carbocycles. The Hall–Kier alpha value is -2.25. The zero-order valence-electron chi connectivity index (χ0n) is 13.6. The highest BCUT2D eigenvalue weighted by Gasteiger charge is 2.27. The van der Waals surface area contributed by atoms with Gasteiger partial charge in [0.1, 0.15) is 0 Å². The predicted octanol–water partition coefficient (Wildman–Crippen LogP) is 1.94. The second-order valence-electron chi connectivity index (χ2n) is 5.28. The molecule has 0 fully saturated rings. The summed E-state index contributed by atoms with van der Waals surface area (Å²) in [6, 6.07) is 6.72. The first-order valence-corrected chi connectivity index (χ1v) is 9.15. The molecule has 2 aromatic rings. The Morgan fingerprint density at radius 1 is 1.38 bits per heavy atom. The van der Waals surface area contributed by atoms with Gasteiger partial charge in [0.05, 0.1) is 11.4 Å². The summed E-state index contributed by atoms with van der Waals surface area (Å²) < 4.78 is 27.3. The molecule has 1 amide bonds. The number of hydrogen-bond acceptors (Lipinski definition) is 4. The molecule has 6 nitrogen and oxygen atoms in total. The van der Waals surface area contributed by atoms with Gasteiger partial charge in [0.15, 0.2) is 0 Å². The van der Waals surface area contributed by atoms with E-state index in [2.05, 4.69) is 16.9 Å². The van der Waals surface area contributed by atoms with Gasteiger partial charge in [-0.05, 0) is 18.6 Å². The van der Waals surface area contributed by atoms with Gasteiger partial charge >= 0.3 is 0 Å². The number of carbonyl (C=O) groups excluding carboxylic acids is 1. The second-order valence-corrected chi connectivity index (χ2v) is 7.19. The van der Waals surface area contributed by atoms with Gasteiger partial charge in [-0.1, -0.05) is 25.1 Å². The molecule has 1 heterocycles. The topological polar surface area (TPSA) is 79.4 Å². The number of rotatable bonds is 8. The molecule has 1 aromatic heterocycles. The Balaban J connectivity index is 2.40. The summed E-state index contributed by atoms with van der Waals surface area (Å²) in [6.45, 7) is 5.76.